The van der Waals surface area contributed by atoms with Gasteiger partial charge in [0.15, 0.2) is 17.0 Å². The highest BCUT2D eigenvalue weighted by Gasteiger charge is 2.34. The number of aliphatic hydroxyl groups excluding tert-OH is 1. The summed E-state index contributed by atoms with van der Waals surface area (Å²) in [4.78, 5) is 14.9. The number of ether oxygens (including phenoxy) is 1. The molecule has 0 aliphatic carbocycles. The maximum atomic E-state index is 9.25. The molecule has 3 heterocycles. The lowest BCUT2D eigenvalue weighted by molar-refractivity contribution is -0.0294. The summed E-state index contributed by atoms with van der Waals surface area (Å²) in [6, 6.07) is 0. The highest BCUT2D eigenvalue weighted by molar-refractivity contribution is 5.83. The molecule has 0 spiro atoms. The number of nitrogens with zero attached hydrogens (tertiary/aromatic N) is 5. The first-order chi connectivity index (χ1) is 9.61. The molecule has 3 atom stereocenters. The number of imidazole rings is 1. The summed E-state index contributed by atoms with van der Waals surface area (Å²) >= 11 is 0. The van der Waals surface area contributed by atoms with E-state index < -0.39 is 0 Å². The van der Waals surface area contributed by atoms with Gasteiger partial charge in [-0.25, -0.2) is 15.0 Å². The first-order valence-electron chi connectivity index (χ1n) is 6.73. The highest BCUT2D eigenvalue weighted by Crippen LogP contribution is 2.35. The molecule has 0 aromatic carbocycles. The van der Waals surface area contributed by atoms with Gasteiger partial charge in [0.1, 0.15) is 12.6 Å². The molecular weight excluding hydrogens is 258 g/mol. The zero-order valence-electron chi connectivity index (χ0n) is 11.9. The molecule has 0 radical (unpaired) electrons. The van der Waals surface area contributed by atoms with Crippen molar-refractivity contribution < 1.29 is 9.84 Å². The molecule has 2 aromatic rings. The minimum absolute atomic E-state index is 0.0470. The van der Waals surface area contributed by atoms with Crippen molar-refractivity contribution in [2.24, 2.45) is 5.92 Å². The topological polar surface area (TPSA) is 76.3 Å². The van der Waals surface area contributed by atoms with Crippen LogP contribution < -0.4 is 4.90 Å². The summed E-state index contributed by atoms with van der Waals surface area (Å²) in [6.45, 7) is 2.16. The van der Waals surface area contributed by atoms with Crippen molar-refractivity contribution in [3.8, 4) is 0 Å². The predicted molar refractivity (Wildman–Crippen MR) is 74.4 cm³/mol. The molecule has 1 aliphatic rings. The van der Waals surface area contributed by atoms with Crippen molar-refractivity contribution >= 4 is 17.0 Å². The van der Waals surface area contributed by atoms with Crippen molar-refractivity contribution in [1.29, 1.82) is 0 Å². The second-order valence-corrected chi connectivity index (χ2v) is 5.46. The molecular formula is C13H19N5O2. The maximum Gasteiger partial charge on any atom is 0.167 e. The fourth-order valence-corrected chi connectivity index (χ4v) is 2.73. The Balaban J connectivity index is 2.03. The van der Waals surface area contributed by atoms with Gasteiger partial charge in [-0.3, -0.25) is 4.57 Å². The third-order valence-electron chi connectivity index (χ3n) is 3.69. The Bertz CT molecular complexity index is 612. The van der Waals surface area contributed by atoms with E-state index in [-0.39, 0.29) is 18.9 Å². The largest absolute Gasteiger partial charge is 0.394 e. The van der Waals surface area contributed by atoms with E-state index in [1.165, 1.54) is 0 Å². The molecule has 2 aromatic heterocycles. The summed E-state index contributed by atoms with van der Waals surface area (Å²) in [5.74, 6) is 1.10. The van der Waals surface area contributed by atoms with Crippen LogP contribution in [0.2, 0.25) is 0 Å². The summed E-state index contributed by atoms with van der Waals surface area (Å²) in [5, 5.41) is 9.25. The zero-order valence-corrected chi connectivity index (χ0v) is 11.9. The van der Waals surface area contributed by atoms with E-state index in [0.717, 1.165) is 23.4 Å². The van der Waals surface area contributed by atoms with E-state index >= 15 is 0 Å². The van der Waals surface area contributed by atoms with Crippen LogP contribution in [-0.2, 0) is 4.74 Å². The minimum Gasteiger partial charge on any atom is -0.394 e. The molecule has 0 unspecified atom stereocenters. The Morgan fingerprint density at radius 2 is 2.20 bits per heavy atom. The quantitative estimate of drug-likeness (QED) is 0.894. The molecule has 108 valence electrons. The number of hydrogen-bond donors (Lipinski definition) is 1. The van der Waals surface area contributed by atoms with Gasteiger partial charge < -0.3 is 14.7 Å². The number of anilines is 1. The summed E-state index contributed by atoms with van der Waals surface area (Å²) in [5.41, 5.74) is 1.53. The number of aliphatic hydroxyl groups is 1. The molecule has 20 heavy (non-hydrogen) atoms. The Morgan fingerprint density at radius 1 is 1.40 bits per heavy atom. The molecule has 1 fully saturated rings. The van der Waals surface area contributed by atoms with E-state index in [9.17, 15) is 5.11 Å². The summed E-state index contributed by atoms with van der Waals surface area (Å²) < 4.78 is 7.81. The summed E-state index contributed by atoms with van der Waals surface area (Å²) in [6.07, 6.45) is 3.88. The SMILES string of the molecule is C[C@@H]1C[C@@H](CO)O[C@H]1n1cnc2c(N(C)C)ncnc21. The van der Waals surface area contributed by atoms with Gasteiger partial charge in [0.2, 0.25) is 0 Å². The maximum absolute atomic E-state index is 9.25. The van der Waals surface area contributed by atoms with Gasteiger partial charge in [0.25, 0.3) is 0 Å². The van der Waals surface area contributed by atoms with Gasteiger partial charge in [0, 0.05) is 20.0 Å². The number of fused-ring (bicyclic) bond motifs is 1. The molecule has 0 saturated carbocycles. The number of hydrogen-bond acceptors (Lipinski definition) is 6. The first-order valence-corrected chi connectivity index (χ1v) is 6.73. The molecule has 7 nitrogen and oxygen atoms in total. The standard InChI is InChI=1S/C13H19N5O2/c1-8-4-9(5-19)20-13(8)18-7-16-10-11(17(2)3)14-6-15-12(10)18/h6-9,13,19H,4-5H2,1-3H3/t8-,9+,13-/m1/s1. The van der Waals surface area contributed by atoms with Crippen molar-refractivity contribution in [1.82, 2.24) is 19.5 Å². The van der Waals surface area contributed by atoms with Crippen molar-refractivity contribution in [2.45, 2.75) is 25.7 Å². The Labute approximate surface area is 117 Å². The molecule has 1 aliphatic heterocycles. The summed E-state index contributed by atoms with van der Waals surface area (Å²) in [7, 11) is 3.86. The van der Waals surface area contributed by atoms with Crippen molar-refractivity contribution in [2.75, 3.05) is 25.6 Å². The van der Waals surface area contributed by atoms with E-state index in [0.29, 0.717) is 5.92 Å². The Kier molecular flexibility index (Phi) is 3.31. The Morgan fingerprint density at radius 3 is 2.85 bits per heavy atom. The predicted octanol–water partition coefficient (Wildman–Crippen LogP) is 0.808. The van der Waals surface area contributed by atoms with Gasteiger partial charge >= 0.3 is 0 Å². The zero-order chi connectivity index (χ0) is 14.3. The molecule has 7 heteroatoms. The van der Waals surface area contributed by atoms with Crippen LogP contribution in [0, 0.1) is 5.92 Å². The van der Waals surface area contributed by atoms with Gasteiger partial charge in [0.05, 0.1) is 19.0 Å². The van der Waals surface area contributed by atoms with Crippen LogP contribution in [0.5, 0.6) is 0 Å². The second kappa shape index (κ2) is 4.99. The molecule has 1 N–H and O–H groups in total. The Hall–Kier alpha value is -1.73. The smallest absolute Gasteiger partial charge is 0.167 e. The highest BCUT2D eigenvalue weighted by atomic mass is 16.5. The average Bonchev–Trinajstić information content (AvgIpc) is 3.01. The van der Waals surface area contributed by atoms with Crippen LogP contribution in [0.4, 0.5) is 5.82 Å². The third-order valence-corrected chi connectivity index (χ3v) is 3.69. The van der Waals surface area contributed by atoms with Crippen LogP contribution in [0.1, 0.15) is 19.6 Å². The third kappa shape index (κ3) is 2.03. The van der Waals surface area contributed by atoms with E-state index in [2.05, 4.69) is 21.9 Å². The van der Waals surface area contributed by atoms with E-state index in [1.54, 1.807) is 12.7 Å². The molecule has 3 rings (SSSR count). The van der Waals surface area contributed by atoms with Crippen molar-refractivity contribution in [3.05, 3.63) is 12.7 Å². The normalized spacial score (nSPS) is 26.3. The lowest BCUT2D eigenvalue weighted by Gasteiger charge is -2.17. The molecule has 0 bridgehead atoms. The lowest BCUT2D eigenvalue weighted by Crippen LogP contribution is -2.16. The molecule has 0 amide bonds. The molecule has 1 saturated heterocycles. The van der Waals surface area contributed by atoms with Crippen molar-refractivity contribution in [3.63, 3.8) is 0 Å². The van der Waals surface area contributed by atoms with Crippen LogP contribution in [-0.4, -0.2) is 51.4 Å². The number of rotatable bonds is 3. The van der Waals surface area contributed by atoms with Crippen LogP contribution in [0.25, 0.3) is 11.2 Å². The fourth-order valence-electron chi connectivity index (χ4n) is 2.73. The van der Waals surface area contributed by atoms with Crippen LogP contribution in [0.15, 0.2) is 12.7 Å². The minimum atomic E-state index is -0.137. The van der Waals surface area contributed by atoms with Crippen LogP contribution in [0.3, 0.4) is 0 Å². The average molecular weight is 277 g/mol. The van der Waals surface area contributed by atoms with Crippen LogP contribution >= 0.6 is 0 Å². The number of aromatic nitrogens is 4. The first kappa shape index (κ1) is 13.3. The van der Waals surface area contributed by atoms with Gasteiger partial charge in [-0.15, -0.1) is 0 Å². The second-order valence-electron chi connectivity index (χ2n) is 5.46. The van der Waals surface area contributed by atoms with E-state index in [4.69, 9.17) is 4.74 Å². The van der Waals surface area contributed by atoms with Gasteiger partial charge in [-0.1, -0.05) is 6.92 Å². The fraction of sp³-hybridized carbons (Fsp3) is 0.615. The van der Waals surface area contributed by atoms with E-state index in [1.807, 2.05) is 23.6 Å². The van der Waals surface area contributed by atoms with Gasteiger partial charge in [-0.05, 0) is 6.42 Å². The van der Waals surface area contributed by atoms with Gasteiger partial charge in [-0.2, -0.15) is 0 Å². The monoisotopic (exact) mass is 277 g/mol. The lowest BCUT2D eigenvalue weighted by atomic mass is 10.1.